The number of carbonyl (C=O) groups excluding carboxylic acids is 1. The molecule has 39 heavy (non-hydrogen) atoms. The molecular weight excluding hydrogens is 496 g/mol. The molecule has 1 aromatic heterocycles. The van der Waals surface area contributed by atoms with Gasteiger partial charge in [0.15, 0.2) is 0 Å². The van der Waals surface area contributed by atoms with Crippen LogP contribution in [0.1, 0.15) is 66.6 Å². The summed E-state index contributed by atoms with van der Waals surface area (Å²) in [6, 6.07) is 16.2. The lowest BCUT2D eigenvalue weighted by atomic mass is 9.83. The first kappa shape index (κ1) is 28.4. The number of methoxy groups -OCH3 is 1. The van der Waals surface area contributed by atoms with Gasteiger partial charge in [-0.15, -0.1) is 5.10 Å². The Kier molecular flexibility index (Phi) is 10.2. The van der Waals surface area contributed by atoms with Crippen LogP contribution in [0.5, 0.6) is 17.4 Å². The van der Waals surface area contributed by atoms with Crippen LogP contribution in [0.2, 0.25) is 0 Å². The van der Waals surface area contributed by atoms with Crippen molar-refractivity contribution in [2.75, 3.05) is 41.0 Å². The first-order chi connectivity index (χ1) is 19.0. The molecule has 0 aliphatic heterocycles. The van der Waals surface area contributed by atoms with Gasteiger partial charge in [0.1, 0.15) is 17.6 Å². The molecule has 0 atom stereocenters. The lowest BCUT2D eigenvalue weighted by molar-refractivity contribution is 0.0507. The maximum atomic E-state index is 12.6. The Morgan fingerprint density at radius 3 is 2.33 bits per heavy atom. The average Bonchev–Trinajstić information content (AvgIpc) is 3.34. The fourth-order valence-electron chi connectivity index (χ4n) is 4.83. The van der Waals surface area contributed by atoms with Crippen molar-refractivity contribution in [1.82, 2.24) is 19.9 Å². The first-order valence-corrected chi connectivity index (χ1v) is 13.7. The summed E-state index contributed by atoms with van der Waals surface area (Å²) in [6.45, 7) is 4.19. The molecule has 1 aliphatic rings. The minimum atomic E-state index is -0.522. The van der Waals surface area contributed by atoms with Crippen molar-refractivity contribution in [3.63, 3.8) is 0 Å². The number of esters is 1. The van der Waals surface area contributed by atoms with Gasteiger partial charge in [0.2, 0.25) is 11.6 Å². The number of hydrogen-bond acceptors (Lipinski definition) is 8. The van der Waals surface area contributed by atoms with Gasteiger partial charge >= 0.3 is 5.97 Å². The van der Waals surface area contributed by atoms with Crippen LogP contribution in [-0.2, 0) is 11.3 Å². The van der Waals surface area contributed by atoms with E-state index in [0.717, 1.165) is 62.3 Å². The van der Waals surface area contributed by atoms with E-state index in [1.807, 2.05) is 24.3 Å². The summed E-state index contributed by atoms with van der Waals surface area (Å²) in [5, 5.41) is 8.33. The monoisotopic (exact) mass is 536 g/mol. The lowest BCUT2D eigenvalue weighted by Crippen LogP contribution is -2.25. The Morgan fingerprint density at radius 1 is 1.00 bits per heavy atom. The number of carbonyl (C=O) groups is 1. The van der Waals surface area contributed by atoms with Gasteiger partial charge in [-0.3, -0.25) is 0 Å². The molecule has 9 heteroatoms. The predicted octanol–water partition coefficient (Wildman–Crippen LogP) is 4.95. The quantitative estimate of drug-likeness (QED) is 0.224. The van der Waals surface area contributed by atoms with Crippen LogP contribution in [0.15, 0.2) is 48.5 Å². The van der Waals surface area contributed by atoms with E-state index in [2.05, 4.69) is 53.6 Å². The molecule has 1 fully saturated rings. The van der Waals surface area contributed by atoms with Crippen molar-refractivity contribution in [3.8, 4) is 17.4 Å². The Balaban J connectivity index is 1.36. The average molecular weight is 537 g/mol. The van der Waals surface area contributed by atoms with Gasteiger partial charge in [0, 0.05) is 6.54 Å². The highest BCUT2D eigenvalue weighted by molar-refractivity contribution is 5.89. The number of aromatic nitrogens is 3. The molecule has 1 heterocycles. The normalized spacial score (nSPS) is 17.2. The summed E-state index contributed by atoms with van der Waals surface area (Å²) < 4.78 is 24.4. The van der Waals surface area contributed by atoms with Crippen LogP contribution in [0.3, 0.4) is 0 Å². The summed E-state index contributed by atoms with van der Waals surface area (Å²) in [5.74, 6) is 2.01. The SMILES string of the molecule is CCOC(=O)c1nnn(Cc2ccc(OC)cc2)c1OC1CCC(c2ccc(OCCCN(C)C)cc2)CC1. The smallest absolute Gasteiger partial charge is 0.364 e. The second kappa shape index (κ2) is 14.0. The van der Waals surface area contributed by atoms with Crippen molar-refractivity contribution < 1.29 is 23.7 Å². The molecule has 0 unspecified atom stereocenters. The van der Waals surface area contributed by atoms with Crippen molar-refractivity contribution in [2.45, 2.75) is 57.6 Å². The van der Waals surface area contributed by atoms with Gasteiger partial charge in [-0.25, -0.2) is 9.48 Å². The third-order valence-electron chi connectivity index (χ3n) is 6.97. The van der Waals surface area contributed by atoms with Crippen molar-refractivity contribution in [3.05, 3.63) is 65.4 Å². The number of ether oxygens (including phenoxy) is 4. The molecule has 0 spiro atoms. The molecule has 2 aromatic carbocycles. The second-order valence-corrected chi connectivity index (χ2v) is 10.1. The molecule has 0 amide bonds. The number of benzene rings is 2. The molecule has 0 radical (unpaired) electrons. The Bertz CT molecular complexity index is 1170. The molecule has 3 aromatic rings. The summed E-state index contributed by atoms with van der Waals surface area (Å²) in [7, 11) is 5.78. The maximum Gasteiger partial charge on any atom is 0.364 e. The molecule has 4 rings (SSSR count). The van der Waals surface area contributed by atoms with E-state index < -0.39 is 5.97 Å². The van der Waals surface area contributed by atoms with E-state index in [1.165, 1.54) is 5.56 Å². The van der Waals surface area contributed by atoms with E-state index in [-0.39, 0.29) is 18.4 Å². The van der Waals surface area contributed by atoms with Crippen LogP contribution in [0.25, 0.3) is 0 Å². The zero-order valence-electron chi connectivity index (χ0n) is 23.5. The third-order valence-corrected chi connectivity index (χ3v) is 6.97. The number of nitrogens with zero attached hydrogens (tertiary/aromatic N) is 4. The molecule has 0 N–H and O–H groups in total. The summed E-state index contributed by atoms with van der Waals surface area (Å²) in [4.78, 5) is 14.7. The first-order valence-electron chi connectivity index (χ1n) is 13.7. The zero-order valence-corrected chi connectivity index (χ0v) is 23.5. The van der Waals surface area contributed by atoms with Crippen LogP contribution in [-0.4, -0.2) is 72.9 Å². The van der Waals surface area contributed by atoms with Gasteiger partial charge in [-0.2, -0.15) is 0 Å². The largest absolute Gasteiger partial charge is 0.497 e. The summed E-state index contributed by atoms with van der Waals surface area (Å²) in [5.41, 5.74) is 2.44. The minimum absolute atomic E-state index is 0.0261. The highest BCUT2D eigenvalue weighted by Crippen LogP contribution is 2.35. The molecule has 0 saturated heterocycles. The van der Waals surface area contributed by atoms with Gasteiger partial charge < -0.3 is 23.8 Å². The van der Waals surface area contributed by atoms with E-state index in [9.17, 15) is 4.79 Å². The highest BCUT2D eigenvalue weighted by atomic mass is 16.5. The molecular formula is C30H40N4O5. The van der Waals surface area contributed by atoms with Crippen LogP contribution in [0, 0.1) is 0 Å². The minimum Gasteiger partial charge on any atom is -0.497 e. The molecule has 9 nitrogen and oxygen atoms in total. The van der Waals surface area contributed by atoms with Crippen LogP contribution in [0.4, 0.5) is 0 Å². The van der Waals surface area contributed by atoms with E-state index in [4.69, 9.17) is 18.9 Å². The van der Waals surface area contributed by atoms with E-state index >= 15 is 0 Å². The van der Waals surface area contributed by atoms with Crippen LogP contribution < -0.4 is 14.2 Å². The van der Waals surface area contributed by atoms with Gasteiger partial charge in [0.05, 0.1) is 26.9 Å². The second-order valence-electron chi connectivity index (χ2n) is 10.1. The zero-order chi connectivity index (χ0) is 27.6. The van der Waals surface area contributed by atoms with Crippen molar-refractivity contribution in [2.24, 2.45) is 0 Å². The van der Waals surface area contributed by atoms with Gasteiger partial charge in [0.25, 0.3) is 0 Å². The lowest BCUT2D eigenvalue weighted by Gasteiger charge is -2.29. The Morgan fingerprint density at radius 2 is 1.69 bits per heavy atom. The molecule has 1 aliphatic carbocycles. The van der Waals surface area contributed by atoms with Gasteiger partial charge in [-0.05, 0) is 94.4 Å². The molecule has 0 bridgehead atoms. The number of hydrogen-bond donors (Lipinski definition) is 0. The summed E-state index contributed by atoms with van der Waals surface area (Å²) >= 11 is 0. The van der Waals surface area contributed by atoms with Crippen molar-refractivity contribution in [1.29, 1.82) is 0 Å². The highest BCUT2D eigenvalue weighted by Gasteiger charge is 2.29. The van der Waals surface area contributed by atoms with Crippen LogP contribution >= 0.6 is 0 Å². The predicted molar refractivity (Wildman–Crippen MR) is 149 cm³/mol. The summed E-state index contributed by atoms with van der Waals surface area (Å²) in [6.07, 6.45) is 4.74. The third kappa shape index (κ3) is 7.95. The van der Waals surface area contributed by atoms with E-state index in [0.29, 0.717) is 18.3 Å². The van der Waals surface area contributed by atoms with Gasteiger partial charge in [-0.1, -0.05) is 29.5 Å². The Labute approximate surface area is 231 Å². The Hall–Kier alpha value is -3.59. The topological polar surface area (TPSA) is 87.9 Å². The number of rotatable bonds is 13. The molecule has 1 saturated carbocycles. The standard InChI is InChI=1S/C30H40N4O5/c1-5-37-30(35)28-29(34(32-31-28)21-22-7-13-25(36-4)14-8-22)39-27-17-11-24(12-18-27)23-9-15-26(16-10-23)38-20-6-19-33(2)3/h7-10,13-16,24,27H,5-6,11-12,17-21H2,1-4H3. The molecule has 210 valence electrons. The fourth-order valence-corrected chi connectivity index (χ4v) is 4.83. The van der Waals surface area contributed by atoms with Crippen molar-refractivity contribution >= 4 is 5.97 Å². The maximum absolute atomic E-state index is 12.6. The fraction of sp³-hybridized carbons (Fsp3) is 0.500. The van der Waals surface area contributed by atoms with E-state index in [1.54, 1.807) is 18.7 Å².